The molecule has 0 spiro atoms. The molecule has 0 amide bonds. The van der Waals surface area contributed by atoms with Crippen molar-refractivity contribution in [1.29, 1.82) is 0 Å². The first-order valence-electron chi connectivity index (χ1n) is 4.51. The summed E-state index contributed by atoms with van der Waals surface area (Å²) >= 11 is 0. The van der Waals surface area contributed by atoms with Gasteiger partial charge >= 0.3 is 0 Å². The molecule has 13 heavy (non-hydrogen) atoms. The van der Waals surface area contributed by atoms with E-state index < -0.39 is 16.0 Å². The van der Waals surface area contributed by atoms with E-state index in [1.165, 1.54) is 0 Å². The molecule has 1 rings (SSSR count). The Morgan fingerprint density at radius 1 is 1.62 bits per heavy atom. The van der Waals surface area contributed by atoms with Gasteiger partial charge in [0.2, 0.25) is 0 Å². The molecular formula is C8H16O4S. The third-order valence-electron chi connectivity index (χ3n) is 2.17. The van der Waals surface area contributed by atoms with Gasteiger partial charge in [0.25, 0.3) is 0 Å². The van der Waals surface area contributed by atoms with E-state index in [1.807, 2.05) is 6.92 Å². The van der Waals surface area contributed by atoms with Crippen LogP contribution in [0, 0.1) is 0 Å². The lowest BCUT2D eigenvalue weighted by atomic mass is 10.2. The summed E-state index contributed by atoms with van der Waals surface area (Å²) in [6, 6.07) is 0. The molecule has 1 saturated heterocycles. The summed E-state index contributed by atoms with van der Waals surface area (Å²) in [6.07, 6.45) is 0.730. The van der Waals surface area contributed by atoms with Crippen LogP contribution in [0.2, 0.25) is 0 Å². The van der Waals surface area contributed by atoms with Gasteiger partial charge in [0.05, 0.1) is 24.6 Å². The van der Waals surface area contributed by atoms with Crippen LogP contribution < -0.4 is 0 Å². The largest absolute Gasteiger partial charge is 0.374 e. The maximum absolute atomic E-state index is 10.7. The fraction of sp³-hybridized carbons (Fsp3) is 1.00. The number of thiol groups is 1. The highest BCUT2D eigenvalue weighted by Crippen LogP contribution is 2.13. The standard InChI is InChI=1S/C8H16O4S/c1-3-8(6(2)13(9)10)12-5-7-4-11-7/h6-8,13H,3-5H2,1-2H3. The lowest BCUT2D eigenvalue weighted by molar-refractivity contribution is 0.0406. The van der Waals surface area contributed by atoms with E-state index in [1.54, 1.807) is 6.92 Å². The molecule has 0 N–H and O–H groups in total. The van der Waals surface area contributed by atoms with Gasteiger partial charge in [-0.05, 0) is 13.3 Å². The Labute approximate surface area is 80.2 Å². The summed E-state index contributed by atoms with van der Waals surface area (Å²) in [6.45, 7) is 4.86. The van der Waals surface area contributed by atoms with E-state index in [0.717, 1.165) is 13.0 Å². The first-order chi connectivity index (χ1) is 6.15. The normalized spacial score (nSPS) is 25.9. The zero-order valence-electron chi connectivity index (χ0n) is 7.93. The van der Waals surface area contributed by atoms with Gasteiger partial charge < -0.3 is 9.47 Å². The summed E-state index contributed by atoms with van der Waals surface area (Å²) in [5.41, 5.74) is 0. The van der Waals surface area contributed by atoms with Gasteiger partial charge in [0, 0.05) is 0 Å². The van der Waals surface area contributed by atoms with Crippen molar-refractivity contribution in [2.75, 3.05) is 13.2 Å². The molecular weight excluding hydrogens is 192 g/mol. The fourth-order valence-electron chi connectivity index (χ4n) is 1.13. The van der Waals surface area contributed by atoms with Gasteiger partial charge in [-0.3, -0.25) is 0 Å². The van der Waals surface area contributed by atoms with Crippen LogP contribution in [0.15, 0.2) is 0 Å². The molecule has 1 aliphatic rings. The molecule has 0 aromatic heterocycles. The molecule has 78 valence electrons. The highest BCUT2D eigenvalue weighted by Gasteiger charge is 2.26. The predicted octanol–water partition coefficient (Wildman–Crippen LogP) is 0.180. The second-order valence-electron chi connectivity index (χ2n) is 3.26. The van der Waals surface area contributed by atoms with Crippen molar-refractivity contribution < 1.29 is 17.9 Å². The lowest BCUT2D eigenvalue weighted by Gasteiger charge is -2.17. The van der Waals surface area contributed by atoms with Crippen LogP contribution >= 0.6 is 0 Å². The highest BCUT2D eigenvalue weighted by molar-refractivity contribution is 7.73. The van der Waals surface area contributed by atoms with Crippen molar-refractivity contribution >= 4 is 10.7 Å². The van der Waals surface area contributed by atoms with E-state index in [4.69, 9.17) is 9.47 Å². The van der Waals surface area contributed by atoms with Gasteiger partial charge in [-0.1, -0.05) is 6.92 Å². The molecule has 0 radical (unpaired) electrons. The minimum Gasteiger partial charge on any atom is -0.374 e. The molecule has 0 bridgehead atoms. The quantitative estimate of drug-likeness (QED) is 0.500. The molecule has 1 aliphatic heterocycles. The Morgan fingerprint density at radius 2 is 2.23 bits per heavy atom. The van der Waals surface area contributed by atoms with Crippen LogP contribution in [0.1, 0.15) is 20.3 Å². The second kappa shape index (κ2) is 4.93. The Bertz CT molecular complexity index is 214. The number of rotatable bonds is 6. The monoisotopic (exact) mass is 208 g/mol. The third kappa shape index (κ3) is 3.62. The van der Waals surface area contributed by atoms with Crippen LogP contribution in [-0.4, -0.2) is 39.1 Å². The van der Waals surface area contributed by atoms with Crippen molar-refractivity contribution in [3.63, 3.8) is 0 Å². The Hall–Kier alpha value is -0.130. The smallest absolute Gasteiger partial charge is 0.145 e. The van der Waals surface area contributed by atoms with Crippen LogP contribution in [0.5, 0.6) is 0 Å². The van der Waals surface area contributed by atoms with Gasteiger partial charge in [0.1, 0.15) is 16.8 Å². The summed E-state index contributed by atoms with van der Waals surface area (Å²) in [5.74, 6) is 0. The SMILES string of the molecule is CCC(OCC1CO1)C(C)[SH](=O)=O. The van der Waals surface area contributed by atoms with Gasteiger partial charge in [-0.25, -0.2) is 8.42 Å². The van der Waals surface area contributed by atoms with Crippen LogP contribution in [0.25, 0.3) is 0 Å². The molecule has 0 aromatic rings. The lowest BCUT2D eigenvalue weighted by Crippen LogP contribution is -2.28. The first-order valence-corrected chi connectivity index (χ1v) is 5.76. The van der Waals surface area contributed by atoms with E-state index in [0.29, 0.717) is 6.61 Å². The van der Waals surface area contributed by atoms with E-state index in [-0.39, 0.29) is 12.2 Å². The number of ether oxygens (including phenoxy) is 2. The van der Waals surface area contributed by atoms with Gasteiger partial charge in [-0.2, -0.15) is 0 Å². The molecule has 5 heteroatoms. The average molecular weight is 208 g/mol. The number of epoxide rings is 1. The minimum absolute atomic E-state index is 0.190. The maximum Gasteiger partial charge on any atom is 0.145 e. The molecule has 3 unspecified atom stereocenters. The molecule has 1 fully saturated rings. The summed E-state index contributed by atoms with van der Waals surface area (Å²) in [5, 5.41) is -0.404. The van der Waals surface area contributed by atoms with Crippen molar-refractivity contribution in [3.8, 4) is 0 Å². The fourth-order valence-corrected chi connectivity index (χ4v) is 1.70. The average Bonchev–Trinajstić information content (AvgIpc) is 2.88. The topological polar surface area (TPSA) is 55.9 Å². The Kier molecular flexibility index (Phi) is 4.15. The summed E-state index contributed by atoms with van der Waals surface area (Å²) in [4.78, 5) is 0. The Morgan fingerprint density at radius 3 is 2.62 bits per heavy atom. The highest BCUT2D eigenvalue weighted by atomic mass is 32.2. The number of hydrogen-bond acceptors (Lipinski definition) is 4. The minimum atomic E-state index is -2.38. The molecule has 1 heterocycles. The maximum atomic E-state index is 10.7. The molecule has 0 aromatic carbocycles. The summed E-state index contributed by atoms with van der Waals surface area (Å²) < 4.78 is 31.8. The van der Waals surface area contributed by atoms with Crippen molar-refractivity contribution in [1.82, 2.24) is 0 Å². The molecule has 4 nitrogen and oxygen atoms in total. The summed E-state index contributed by atoms with van der Waals surface area (Å²) in [7, 11) is -2.38. The van der Waals surface area contributed by atoms with Crippen LogP contribution in [0.4, 0.5) is 0 Å². The van der Waals surface area contributed by atoms with Crippen LogP contribution in [0.3, 0.4) is 0 Å². The van der Waals surface area contributed by atoms with Gasteiger partial charge in [0.15, 0.2) is 0 Å². The predicted molar refractivity (Wildman–Crippen MR) is 49.5 cm³/mol. The van der Waals surface area contributed by atoms with Crippen LogP contribution in [-0.2, 0) is 20.2 Å². The van der Waals surface area contributed by atoms with Crippen molar-refractivity contribution in [3.05, 3.63) is 0 Å². The van der Waals surface area contributed by atoms with Crippen molar-refractivity contribution in [2.24, 2.45) is 0 Å². The number of hydrogen-bond donors (Lipinski definition) is 1. The van der Waals surface area contributed by atoms with E-state index in [9.17, 15) is 8.42 Å². The molecule has 3 atom stereocenters. The third-order valence-corrected chi connectivity index (χ3v) is 3.17. The zero-order chi connectivity index (χ0) is 9.84. The zero-order valence-corrected chi connectivity index (χ0v) is 8.83. The molecule has 0 saturated carbocycles. The Balaban J connectivity index is 2.30. The first kappa shape index (κ1) is 10.9. The van der Waals surface area contributed by atoms with E-state index in [2.05, 4.69) is 0 Å². The van der Waals surface area contributed by atoms with Crippen molar-refractivity contribution in [2.45, 2.75) is 37.7 Å². The molecule has 0 aliphatic carbocycles. The second-order valence-corrected chi connectivity index (χ2v) is 4.65. The van der Waals surface area contributed by atoms with Gasteiger partial charge in [-0.15, -0.1) is 0 Å². The van der Waals surface area contributed by atoms with E-state index >= 15 is 0 Å².